The summed E-state index contributed by atoms with van der Waals surface area (Å²) in [6.07, 6.45) is 0.639. The lowest BCUT2D eigenvalue weighted by Crippen LogP contribution is -2.34. The van der Waals surface area contributed by atoms with Crippen molar-refractivity contribution in [2.45, 2.75) is 26.7 Å². The summed E-state index contributed by atoms with van der Waals surface area (Å²) in [5, 5.41) is 7.33. The van der Waals surface area contributed by atoms with E-state index >= 15 is 0 Å². The van der Waals surface area contributed by atoms with Crippen LogP contribution in [0.5, 0.6) is 0 Å². The molecule has 1 N–H and O–H groups in total. The normalized spacial score (nSPS) is 15.9. The van der Waals surface area contributed by atoms with Gasteiger partial charge in [-0.05, 0) is 56.2 Å². The summed E-state index contributed by atoms with van der Waals surface area (Å²) in [6, 6.07) is 13.0. The van der Waals surface area contributed by atoms with E-state index in [9.17, 15) is 18.4 Å². The van der Waals surface area contributed by atoms with Gasteiger partial charge in [0.15, 0.2) is 0 Å². The monoisotopic (exact) mass is 438 g/mol. The van der Waals surface area contributed by atoms with Crippen molar-refractivity contribution in [2.24, 2.45) is 5.92 Å². The molecule has 0 bridgehead atoms. The van der Waals surface area contributed by atoms with Gasteiger partial charge >= 0.3 is 0 Å². The molecule has 0 radical (unpaired) electrons. The van der Waals surface area contributed by atoms with Crippen LogP contribution in [0.4, 0.5) is 14.5 Å². The Balaban J connectivity index is 1.30. The Labute approximate surface area is 184 Å². The maximum absolute atomic E-state index is 14.0. The quantitative estimate of drug-likeness (QED) is 0.641. The van der Waals surface area contributed by atoms with Crippen molar-refractivity contribution in [1.82, 2.24) is 15.1 Å². The van der Waals surface area contributed by atoms with Crippen LogP contribution in [0.2, 0.25) is 0 Å². The van der Waals surface area contributed by atoms with Crippen LogP contribution in [0.3, 0.4) is 0 Å². The molecule has 8 heteroatoms. The lowest BCUT2D eigenvalue weighted by Gasteiger charge is -2.17. The first kappa shape index (κ1) is 21.7. The molecule has 2 amide bonds. The number of carbonyl (C=O) groups excluding carboxylic acids is 2. The smallest absolute Gasteiger partial charge is 0.227 e. The van der Waals surface area contributed by atoms with Crippen molar-refractivity contribution in [2.75, 3.05) is 18.0 Å². The largest absolute Gasteiger partial charge is 0.355 e. The van der Waals surface area contributed by atoms with Gasteiger partial charge in [-0.1, -0.05) is 12.1 Å². The predicted molar refractivity (Wildman–Crippen MR) is 117 cm³/mol. The lowest BCUT2D eigenvalue weighted by atomic mass is 10.1. The van der Waals surface area contributed by atoms with Crippen molar-refractivity contribution in [3.05, 3.63) is 77.1 Å². The first-order chi connectivity index (χ1) is 15.3. The highest BCUT2D eigenvalue weighted by Gasteiger charge is 2.36. The molecule has 0 spiro atoms. The molecule has 1 saturated heterocycles. The summed E-state index contributed by atoms with van der Waals surface area (Å²) >= 11 is 0. The number of rotatable bonds is 6. The van der Waals surface area contributed by atoms with E-state index in [4.69, 9.17) is 0 Å². The second kappa shape index (κ2) is 8.90. The summed E-state index contributed by atoms with van der Waals surface area (Å²) in [5.74, 6) is -2.70. The fourth-order valence-corrected chi connectivity index (χ4v) is 3.98. The van der Waals surface area contributed by atoms with Crippen LogP contribution in [0.15, 0.2) is 48.5 Å². The Morgan fingerprint density at radius 3 is 2.53 bits per heavy atom. The molecule has 32 heavy (non-hydrogen) atoms. The van der Waals surface area contributed by atoms with E-state index in [1.807, 2.05) is 48.9 Å². The fraction of sp³-hybridized carbons (Fsp3) is 0.292. The van der Waals surface area contributed by atoms with Gasteiger partial charge in [0.2, 0.25) is 11.8 Å². The van der Waals surface area contributed by atoms with E-state index < -0.39 is 17.6 Å². The summed E-state index contributed by atoms with van der Waals surface area (Å²) < 4.78 is 29.0. The molecule has 1 aromatic heterocycles. The van der Waals surface area contributed by atoms with Gasteiger partial charge in [0.25, 0.3) is 0 Å². The maximum atomic E-state index is 14.0. The SMILES string of the molecule is Cc1cc(C)n(-c2ccc(CCNC(=O)C3CC(=O)N(c4ccc(F)cc4F)C3)cc2)n1. The fourth-order valence-electron chi connectivity index (χ4n) is 3.98. The number of halogens is 2. The number of nitrogens with one attached hydrogen (secondary N) is 1. The van der Waals surface area contributed by atoms with Crippen LogP contribution in [-0.4, -0.2) is 34.7 Å². The summed E-state index contributed by atoms with van der Waals surface area (Å²) in [4.78, 5) is 26.0. The third-order valence-corrected chi connectivity index (χ3v) is 5.60. The minimum Gasteiger partial charge on any atom is -0.355 e. The summed E-state index contributed by atoms with van der Waals surface area (Å²) in [6.45, 7) is 4.45. The second-order valence-corrected chi connectivity index (χ2v) is 8.05. The number of hydrogen-bond donors (Lipinski definition) is 1. The van der Waals surface area contributed by atoms with Gasteiger partial charge in [-0.3, -0.25) is 9.59 Å². The van der Waals surface area contributed by atoms with Crippen LogP contribution < -0.4 is 10.2 Å². The van der Waals surface area contributed by atoms with Crippen molar-refractivity contribution < 1.29 is 18.4 Å². The Bertz CT molecular complexity index is 1160. The highest BCUT2D eigenvalue weighted by molar-refractivity contribution is 6.00. The van der Waals surface area contributed by atoms with Gasteiger partial charge in [-0.2, -0.15) is 5.10 Å². The predicted octanol–water partition coefficient (Wildman–Crippen LogP) is 3.48. The van der Waals surface area contributed by atoms with Crippen molar-refractivity contribution in [3.63, 3.8) is 0 Å². The van der Waals surface area contributed by atoms with E-state index in [1.165, 1.54) is 11.0 Å². The third-order valence-electron chi connectivity index (χ3n) is 5.60. The molecule has 166 valence electrons. The number of hydrogen-bond acceptors (Lipinski definition) is 3. The zero-order valence-corrected chi connectivity index (χ0v) is 17.9. The van der Waals surface area contributed by atoms with E-state index in [2.05, 4.69) is 10.4 Å². The molecule has 3 aromatic rings. The number of amides is 2. The summed E-state index contributed by atoms with van der Waals surface area (Å²) in [7, 11) is 0. The van der Waals surface area contributed by atoms with E-state index in [-0.39, 0.29) is 30.5 Å². The lowest BCUT2D eigenvalue weighted by molar-refractivity contribution is -0.126. The Morgan fingerprint density at radius 2 is 1.88 bits per heavy atom. The average Bonchev–Trinajstić information content (AvgIpc) is 3.30. The van der Waals surface area contributed by atoms with Gasteiger partial charge in [-0.15, -0.1) is 0 Å². The standard InChI is InChI=1S/C24H24F2N4O2/c1-15-11-16(2)30(28-15)20-6-3-17(4-7-20)9-10-27-24(32)18-12-23(31)29(14-18)22-8-5-19(25)13-21(22)26/h3-8,11,13,18H,9-10,12,14H2,1-2H3,(H,27,32). The average molecular weight is 438 g/mol. The number of benzene rings is 2. The highest BCUT2D eigenvalue weighted by Crippen LogP contribution is 2.28. The van der Waals surface area contributed by atoms with Crippen molar-refractivity contribution >= 4 is 17.5 Å². The molecule has 0 saturated carbocycles. The zero-order valence-electron chi connectivity index (χ0n) is 17.9. The van der Waals surface area contributed by atoms with Crippen LogP contribution >= 0.6 is 0 Å². The molecule has 1 aliphatic rings. The molecular formula is C24H24F2N4O2. The molecule has 1 unspecified atom stereocenters. The van der Waals surface area contributed by atoms with Gasteiger partial charge in [-0.25, -0.2) is 13.5 Å². The highest BCUT2D eigenvalue weighted by atomic mass is 19.1. The van der Waals surface area contributed by atoms with Crippen molar-refractivity contribution in [1.29, 1.82) is 0 Å². The number of anilines is 1. The summed E-state index contributed by atoms with van der Waals surface area (Å²) in [5.41, 5.74) is 4.05. The van der Waals surface area contributed by atoms with Crippen LogP contribution in [-0.2, 0) is 16.0 Å². The van der Waals surface area contributed by atoms with Crippen LogP contribution in [0.25, 0.3) is 5.69 Å². The molecule has 1 aliphatic heterocycles. The minimum absolute atomic E-state index is 0.0000151. The molecule has 1 atom stereocenters. The van der Waals surface area contributed by atoms with Gasteiger partial charge < -0.3 is 10.2 Å². The zero-order chi connectivity index (χ0) is 22.8. The number of aromatic nitrogens is 2. The topological polar surface area (TPSA) is 67.2 Å². The molecule has 2 aromatic carbocycles. The van der Waals surface area contributed by atoms with Crippen LogP contribution in [0, 0.1) is 31.4 Å². The van der Waals surface area contributed by atoms with Crippen LogP contribution in [0.1, 0.15) is 23.4 Å². The molecule has 0 aliphatic carbocycles. The first-order valence-corrected chi connectivity index (χ1v) is 10.5. The van der Waals surface area contributed by atoms with Gasteiger partial charge in [0.1, 0.15) is 11.6 Å². The molecular weight excluding hydrogens is 414 g/mol. The molecule has 6 nitrogen and oxygen atoms in total. The van der Waals surface area contributed by atoms with E-state index in [1.54, 1.807) is 0 Å². The number of carbonyl (C=O) groups is 2. The Kier molecular flexibility index (Phi) is 6.03. The first-order valence-electron chi connectivity index (χ1n) is 10.5. The Hall–Kier alpha value is -3.55. The molecule has 2 heterocycles. The number of nitrogens with zero attached hydrogens (tertiary/aromatic N) is 3. The van der Waals surface area contributed by atoms with Gasteiger partial charge in [0, 0.05) is 31.3 Å². The van der Waals surface area contributed by atoms with E-state index in [0.29, 0.717) is 13.0 Å². The van der Waals surface area contributed by atoms with E-state index in [0.717, 1.165) is 34.8 Å². The second-order valence-electron chi connectivity index (χ2n) is 8.05. The molecule has 1 fully saturated rings. The number of aryl methyl sites for hydroxylation is 2. The van der Waals surface area contributed by atoms with Crippen molar-refractivity contribution in [3.8, 4) is 5.69 Å². The maximum Gasteiger partial charge on any atom is 0.227 e. The minimum atomic E-state index is -0.816. The third kappa shape index (κ3) is 4.54. The molecule has 4 rings (SSSR count). The van der Waals surface area contributed by atoms with Gasteiger partial charge in [0.05, 0.1) is 23.0 Å². The Morgan fingerprint density at radius 1 is 1.12 bits per heavy atom.